The number of anilines is 1. The van der Waals surface area contributed by atoms with Crippen LogP contribution in [0.5, 0.6) is 0 Å². The predicted octanol–water partition coefficient (Wildman–Crippen LogP) is 1.88. The molecule has 1 aromatic heterocycles. The summed E-state index contributed by atoms with van der Waals surface area (Å²) in [6, 6.07) is 1.67. The van der Waals surface area contributed by atoms with Crippen molar-refractivity contribution in [2.75, 3.05) is 31.7 Å². The number of hydrogen-bond donors (Lipinski definition) is 1. The summed E-state index contributed by atoms with van der Waals surface area (Å²) in [4.78, 5) is 12.7. The van der Waals surface area contributed by atoms with Crippen molar-refractivity contribution in [1.82, 2.24) is 5.16 Å². The van der Waals surface area contributed by atoms with Crippen molar-refractivity contribution in [3.63, 3.8) is 0 Å². The number of aromatic nitrogens is 1. The molecule has 1 N–H and O–H groups in total. The highest BCUT2D eigenvalue weighted by atomic mass is 32.2. The second kappa shape index (κ2) is 7.66. The van der Waals surface area contributed by atoms with E-state index >= 15 is 0 Å². The van der Waals surface area contributed by atoms with Crippen molar-refractivity contribution in [3.8, 4) is 0 Å². The van der Waals surface area contributed by atoms with Crippen LogP contribution in [0.1, 0.15) is 51.1 Å². The van der Waals surface area contributed by atoms with Crippen LogP contribution < -0.4 is 5.32 Å². The van der Waals surface area contributed by atoms with E-state index in [2.05, 4.69) is 10.5 Å². The van der Waals surface area contributed by atoms with Gasteiger partial charge in [0, 0.05) is 38.4 Å². The average molecular weight is 386 g/mol. The molecule has 0 aromatic carbocycles. The van der Waals surface area contributed by atoms with Gasteiger partial charge < -0.3 is 14.0 Å². The first-order valence-electron chi connectivity index (χ1n) is 8.99. The first-order chi connectivity index (χ1) is 12.3. The number of nitrogens with one attached hydrogen (secondary N) is 1. The normalized spacial score (nSPS) is 20.8. The summed E-state index contributed by atoms with van der Waals surface area (Å²) in [6.45, 7) is 5.02. The van der Waals surface area contributed by atoms with Crippen molar-refractivity contribution in [2.24, 2.45) is 0 Å². The van der Waals surface area contributed by atoms with Crippen LogP contribution in [0.3, 0.4) is 0 Å². The van der Waals surface area contributed by atoms with Crippen molar-refractivity contribution >= 4 is 21.6 Å². The quantitative estimate of drug-likeness (QED) is 0.823. The van der Waals surface area contributed by atoms with E-state index in [1.165, 1.54) is 13.8 Å². The predicted molar refractivity (Wildman–Crippen MR) is 94.8 cm³/mol. The standard InChI is InChI=1S/C17H26N2O6S/c1-17(2,26(21,22)13-5-9-24-10-6-13)16(20)18-15-11-14(19-25-15)12-3-7-23-8-4-12/h11-13H,3-10H2,1-2H3,(H,18,20). The lowest BCUT2D eigenvalue weighted by molar-refractivity contribution is -0.118. The fourth-order valence-electron chi connectivity index (χ4n) is 3.33. The van der Waals surface area contributed by atoms with E-state index in [0.29, 0.717) is 39.3 Å². The highest BCUT2D eigenvalue weighted by Gasteiger charge is 2.46. The van der Waals surface area contributed by atoms with E-state index in [4.69, 9.17) is 14.0 Å². The Morgan fingerprint density at radius 2 is 1.69 bits per heavy atom. The number of ether oxygens (including phenoxy) is 2. The zero-order chi connectivity index (χ0) is 18.8. The summed E-state index contributed by atoms with van der Waals surface area (Å²) < 4.78 is 40.0. The van der Waals surface area contributed by atoms with Gasteiger partial charge in [0.15, 0.2) is 9.84 Å². The summed E-state index contributed by atoms with van der Waals surface area (Å²) in [7, 11) is -3.67. The molecule has 0 radical (unpaired) electrons. The van der Waals surface area contributed by atoms with Gasteiger partial charge in [-0.25, -0.2) is 8.42 Å². The minimum Gasteiger partial charge on any atom is -0.381 e. The fourth-order valence-corrected chi connectivity index (χ4v) is 5.28. The van der Waals surface area contributed by atoms with Gasteiger partial charge in [-0.15, -0.1) is 0 Å². The molecule has 0 unspecified atom stereocenters. The maximum Gasteiger partial charge on any atom is 0.247 e. The summed E-state index contributed by atoms with van der Waals surface area (Å²) in [5.74, 6) is -0.206. The molecule has 0 bridgehead atoms. The third-order valence-corrected chi connectivity index (χ3v) is 8.23. The highest BCUT2D eigenvalue weighted by molar-refractivity contribution is 7.94. The van der Waals surface area contributed by atoms with E-state index in [-0.39, 0.29) is 11.8 Å². The molecule has 2 aliphatic heterocycles. The zero-order valence-electron chi connectivity index (χ0n) is 15.2. The van der Waals surface area contributed by atoms with Gasteiger partial charge in [-0.3, -0.25) is 10.1 Å². The van der Waals surface area contributed by atoms with Crippen LogP contribution in [0.15, 0.2) is 10.6 Å². The van der Waals surface area contributed by atoms with Gasteiger partial charge in [-0.05, 0) is 39.5 Å². The summed E-state index contributed by atoms with van der Waals surface area (Å²) in [5, 5.41) is 6.03. The van der Waals surface area contributed by atoms with E-state index in [1.54, 1.807) is 6.07 Å². The largest absolute Gasteiger partial charge is 0.381 e. The van der Waals surface area contributed by atoms with Gasteiger partial charge in [-0.2, -0.15) is 0 Å². The van der Waals surface area contributed by atoms with Crippen molar-refractivity contribution < 1.29 is 27.2 Å². The van der Waals surface area contributed by atoms with E-state index in [1.807, 2.05) is 0 Å². The van der Waals surface area contributed by atoms with Crippen molar-refractivity contribution in [3.05, 3.63) is 11.8 Å². The first kappa shape index (κ1) is 19.3. The summed E-state index contributed by atoms with van der Waals surface area (Å²) in [5.41, 5.74) is 0.758. The first-order valence-corrected chi connectivity index (χ1v) is 10.5. The number of sulfone groups is 1. The Bertz CT molecular complexity index is 730. The molecule has 0 aliphatic carbocycles. The Balaban J connectivity index is 1.69. The zero-order valence-corrected chi connectivity index (χ0v) is 16.0. The highest BCUT2D eigenvalue weighted by Crippen LogP contribution is 2.30. The SMILES string of the molecule is CC(C)(C(=O)Nc1cc(C2CCOCC2)no1)S(=O)(=O)C1CCOCC1. The molecule has 1 amide bonds. The smallest absolute Gasteiger partial charge is 0.247 e. The molecule has 2 saturated heterocycles. The van der Waals surface area contributed by atoms with Crippen LogP contribution >= 0.6 is 0 Å². The van der Waals surface area contributed by atoms with Gasteiger partial charge >= 0.3 is 0 Å². The number of carbonyl (C=O) groups is 1. The van der Waals surface area contributed by atoms with E-state index < -0.39 is 25.7 Å². The van der Waals surface area contributed by atoms with Crippen LogP contribution in [0.4, 0.5) is 5.88 Å². The Hall–Kier alpha value is -1.45. The molecule has 3 heterocycles. The molecular weight excluding hydrogens is 360 g/mol. The average Bonchev–Trinajstić information content (AvgIpc) is 3.11. The van der Waals surface area contributed by atoms with Crippen LogP contribution in [0.2, 0.25) is 0 Å². The van der Waals surface area contributed by atoms with Crippen LogP contribution in [0.25, 0.3) is 0 Å². The van der Waals surface area contributed by atoms with Crippen LogP contribution in [-0.4, -0.2) is 55.9 Å². The minimum absolute atomic E-state index is 0.173. The lowest BCUT2D eigenvalue weighted by Crippen LogP contribution is -2.50. The molecule has 3 rings (SSSR count). The third kappa shape index (κ3) is 3.79. The Kier molecular flexibility index (Phi) is 5.69. The maximum absolute atomic E-state index is 12.9. The van der Waals surface area contributed by atoms with E-state index in [9.17, 15) is 13.2 Å². The lowest BCUT2D eigenvalue weighted by Gasteiger charge is -2.30. The Morgan fingerprint density at radius 1 is 1.12 bits per heavy atom. The second-order valence-electron chi connectivity index (χ2n) is 7.32. The molecule has 146 valence electrons. The van der Waals surface area contributed by atoms with E-state index in [0.717, 1.165) is 18.5 Å². The molecule has 8 nitrogen and oxygen atoms in total. The van der Waals surface area contributed by atoms with Gasteiger partial charge in [0.25, 0.3) is 0 Å². The number of rotatable bonds is 5. The minimum atomic E-state index is -3.67. The van der Waals surface area contributed by atoms with Crippen molar-refractivity contribution in [2.45, 2.75) is 55.4 Å². The second-order valence-corrected chi connectivity index (χ2v) is 10.1. The number of hydrogen-bond acceptors (Lipinski definition) is 7. The Morgan fingerprint density at radius 3 is 2.31 bits per heavy atom. The third-order valence-electron chi connectivity index (χ3n) is 5.27. The number of amides is 1. The summed E-state index contributed by atoms with van der Waals surface area (Å²) in [6.07, 6.45) is 2.53. The van der Waals surface area contributed by atoms with Crippen molar-refractivity contribution in [1.29, 1.82) is 0 Å². The fraction of sp³-hybridized carbons (Fsp3) is 0.765. The molecule has 0 atom stereocenters. The van der Waals surface area contributed by atoms with Gasteiger partial charge in [0.1, 0.15) is 4.75 Å². The molecule has 9 heteroatoms. The van der Waals surface area contributed by atoms with Crippen LogP contribution in [0, 0.1) is 0 Å². The molecule has 0 saturated carbocycles. The summed E-state index contributed by atoms with van der Waals surface area (Å²) >= 11 is 0. The number of carbonyl (C=O) groups excluding carboxylic acids is 1. The molecule has 26 heavy (non-hydrogen) atoms. The number of nitrogens with zero attached hydrogens (tertiary/aromatic N) is 1. The molecule has 2 fully saturated rings. The molecular formula is C17H26N2O6S. The Labute approximate surface area is 153 Å². The van der Waals surface area contributed by atoms with Crippen LogP contribution in [-0.2, 0) is 24.1 Å². The lowest BCUT2D eigenvalue weighted by atomic mass is 9.97. The van der Waals surface area contributed by atoms with Gasteiger partial charge in [-0.1, -0.05) is 5.16 Å². The van der Waals surface area contributed by atoms with Gasteiger partial charge in [0.05, 0.1) is 10.9 Å². The topological polar surface area (TPSA) is 108 Å². The molecule has 1 aromatic rings. The maximum atomic E-state index is 12.9. The van der Waals surface area contributed by atoms with Gasteiger partial charge in [0.2, 0.25) is 11.8 Å². The monoisotopic (exact) mass is 386 g/mol. The molecule has 0 spiro atoms. The molecule has 2 aliphatic rings.